The highest BCUT2D eigenvalue weighted by Gasteiger charge is 2.28. The van der Waals surface area contributed by atoms with Crippen molar-refractivity contribution < 1.29 is 19.4 Å². The molecule has 2 N–H and O–H groups in total. The Morgan fingerprint density at radius 1 is 0.909 bits per heavy atom. The van der Waals surface area contributed by atoms with Crippen LogP contribution in [0.4, 0.5) is 0 Å². The van der Waals surface area contributed by atoms with Gasteiger partial charge in [0.1, 0.15) is 0 Å². The summed E-state index contributed by atoms with van der Waals surface area (Å²) in [4.78, 5) is 12.9. The average Bonchev–Trinajstić information content (AvgIpc) is 2.88. The fourth-order valence-electron chi connectivity index (χ4n) is 3.83. The standard InChI is InChI=1S/C28H29NO4/c30-19-22-11-13-23(14-12-22)20-32-27-18-25(24-9-5-2-6-10-24)17-26(33-27)28(31)29-16-15-21-7-3-1-4-8-21/h1-14,17,25,27,30H,15-16,18-20H2,(H,29,31)/t25-,27+/m0/s1. The molecule has 0 saturated heterocycles. The highest BCUT2D eigenvalue weighted by atomic mass is 16.7. The highest BCUT2D eigenvalue weighted by molar-refractivity contribution is 5.91. The van der Waals surface area contributed by atoms with E-state index in [1.807, 2.05) is 78.9 Å². The molecule has 1 aliphatic rings. The van der Waals surface area contributed by atoms with Crippen LogP contribution >= 0.6 is 0 Å². The number of carbonyl (C=O) groups excluding carboxylic acids is 1. The van der Waals surface area contributed by atoms with Gasteiger partial charge in [0, 0.05) is 18.9 Å². The molecule has 4 rings (SSSR count). The molecule has 3 aromatic carbocycles. The van der Waals surface area contributed by atoms with E-state index in [1.54, 1.807) is 0 Å². The maximum Gasteiger partial charge on any atom is 0.286 e. The van der Waals surface area contributed by atoms with Gasteiger partial charge in [-0.3, -0.25) is 4.79 Å². The molecule has 0 fully saturated rings. The molecule has 1 amide bonds. The molecule has 1 heterocycles. The summed E-state index contributed by atoms with van der Waals surface area (Å²) in [6.07, 6.45) is 2.74. The smallest absolute Gasteiger partial charge is 0.286 e. The van der Waals surface area contributed by atoms with Crippen molar-refractivity contribution in [2.24, 2.45) is 0 Å². The number of amides is 1. The number of ether oxygens (including phenoxy) is 2. The number of nitrogens with one attached hydrogen (secondary N) is 1. The van der Waals surface area contributed by atoms with Crippen LogP contribution in [0.2, 0.25) is 0 Å². The number of rotatable bonds is 9. The summed E-state index contributed by atoms with van der Waals surface area (Å²) in [6, 6.07) is 27.8. The summed E-state index contributed by atoms with van der Waals surface area (Å²) in [5, 5.41) is 12.2. The molecule has 0 aromatic heterocycles. The maximum atomic E-state index is 12.9. The fraction of sp³-hybridized carbons (Fsp3) is 0.250. The van der Waals surface area contributed by atoms with Crippen LogP contribution in [0.3, 0.4) is 0 Å². The number of allylic oxidation sites excluding steroid dienone is 1. The molecule has 2 atom stereocenters. The van der Waals surface area contributed by atoms with Crippen LogP contribution < -0.4 is 5.32 Å². The van der Waals surface area contributed by atoms with E-state index < -0.39 is 6.29 Å². The predicted molar refractivity (Wildman–Crippen MR) is 127 cm³/mol. The summed E-state index contributed by atoms with van der Waals surface area (Å²) in [5.74, 6) is 0.0906. The summed E-state index contributed by atoms with van der Waals surface area (Å²) in [6.45, 7) is 0.905. The molecule has 5 nitrogen and oxygen atoms in total. The van der Waals surface area contributed by atoms with Crippen molar-refractivity contribution in [2.75, 3.05) is 6.54 Å². The predicted octanol–water partition coefficient (Wildman–Crippen LogP) is 4.47. The first-order chi connectivity index (χ1) is 16.2. The lowest BCUT2D eigenvalue weighted by atomic mass is 9.93. The second kappa shape index (κ2) is 11.5. The van der Waals surface area contributed by atoms with Gasteiger partial charge in [-0.05, 0) is 34.8 Å². The van der Waals surface area contributed by atoms with E-state index in [0.29, 0.717) is 25.3 Å². The zero-order chi connectivity index (χ0) is 22.9. The Morgan fingerprint density at radius 2 is 1.58 bits per heavy atom. The lowest BCUT2D eigenvalue weighted by molar-refractivity contribution is -0.150. The van der Waals surface area contributed by atoms with E-state index in [2.05, 4.69) is 17.4 Å². The second-order valence-corrected chi connectivity index (χ2v) is 8.11. The van der Waals surface area contributed by atoms with E-state index >= 15 is 0 Å². The number of hydrogen-bond acceptors (Lipinski definition) is 4. The van der Waals surface area contributed by atoms with Gasteiger partial charge in [-0.1, -0.05) is 84.9 Å². The van der Waals surface area contributed by atoms with Crippen molar-refractivity contribution in [1.82, 2.24) is 5.32 Å². The minimum Gasteiger partial charge on any atom is -0.459 e. The average molecular weight is 444 g/mol. The van der Waals surface area contributed by atoms with E-state index in [0.717, 1.165) is 23.1 Å². The van der Waals surface area contributed by atoms with Crippen LogP contribution in [0.5, 0.6) is 0 Å². The fourth-order valence-corrected chi connectivity index (χ4v) is 3.83. The van der Waals surface area contributed by atoms with Crippen molar-refractivity contribution in [3.8, 4) is 0 Å². The molecular weight excluding hydrogens is 414 g/mol. The third-order valence-corrected chi connectivity index (χ3v) is 5.69. The quantitative estimate of drug-likeness (QED) is 0.512. The summed E-state index contributed by atoms with van der Waals surface area (Å²) in [7, 11) is 0. The monoisotopic (exact) mass is 443 g/mol. The highest BCUT2D eigenvalue weighted by Crippen LogP contribution is 2.31. The van der Waals surface area contributed by atoms with Gasteiger partial charge in [-0.2, -0.15) is 0 Å². The molecule has 5 heteroatoms. The van der Waals surface area contributed by atoms with E-state index in [4.69, 9.17) is 9.47 Å². The van der Waals surface area contributed by atoms with E-state index in [-0.39, 0.29) is 18.4 Å². The van der Waals surface area contributed by atoms with Gasteiger partial charge in [-0.15, -0.1) is 0 Å². The molecule has 170 valence electrons. The van der Waals surface area contributed by atoms with Crippen molar-refractivity contribution in [2.45, 2.75) is 38.3 Å². The third-order valence-electron chi connectivity index (χ3n) is 5.69. The number of benzene rings is 3. The van der Waals surface area contributed by atoms with Crippen molar-refractivity contribution in [3.63, 3.8) is 0 Å². The largest absolute Gasteiger partial charge is 0.459 e. The van der Waals surface area contributed by atoms with Crippen LogP contribution in [0, 0.1) is 0 Å². The molecule has 3 aromatic rings. The van der Waals surface area contributed by atoms with Gasteiger partial charge in [0.05, 0.1) is 13.2 Å². The number of aliphatic hydroxyl groups is 1. The minimum atomic E-state index is -0.535. The summed E-state index contributed by atoms with van der Waals surface area (Å²) in [5.41, 5.74) is 4.13. The zero-order valence-electron chi connectivity index (χ0n) is 18.5. The Morgan fingerprint density at radius 3 is 2.27 bits per heavy atom. The normalized spacial score (nSPS) is 17.7. The molecule has 0 radical (unpaired) electrons. The molecule has 0 saturated carbocycles. The van der Waals surface area contributed by atoms with Gasteiger partial charge in [0.15, 0.2) is 5.76 Å². The maximum absolute atomic E-state index is 12.9. The Balaban J connectivity index is 1.41. The lowest BCUT2D eigenvalue weighted by Gasteiger charge is -2.29. The lowest BCUT2D eigenvalue weighted by Crippen LogP contribution is -2.33. The van der Waals surface area contributed by atoms with Crippen LogP contribution in [-0.4, -0.2) is 23.8 Å². The topological polar surface area (TPSA) is 67.8 Å². The minimum absolute atomic E-state index is 0.0131. The van der Waals surface area contributed by atoms with Crippen molar-refractivity contribution in [3.05, 3.63) is 119 Å². The molecule has 33 heavy (non-hydrogen) atoms. The molecule has 1 aliphatic heterocycles. The zero-order valence-corrected chi connectivity index (χ0v) is 18.5. The van der Waals surface area contributed by atoms with Gasteiger partial charge in [0.2, 0.25) is 6.29 Å². The molecule has 0 unspecified atom stereocenters. The Hall–Kier alpha value is -3.41. The number of aliphatic hydroxyl groups excluding tert-OH is 1. The van der Waals surface area contributed by atoms with Crippen LogP contribution in [0.25, 0.3) is 0 Å². The van der Waals surface area contributed by atoms with Crippen LogP contribution in [0.1, 0.15) is 34.6 Å². The number of hydrogen-bond donors (Lipinski definition) is 2. The van der Waals surface area contributed by atoms with Gasteiger partial charge < -0.3 is 19.9 Å². The molecule has 0 bridgehead atoms. The SMILES string of the molecule is O=C(NCCc1ccccc1)C1=C[C@H](c2ccccc2)C[C@H](OCc2ccc(CO)cc2)O1. The summed E-state index contributed by atoms with van der Waals surface area (Å²) >= 11 is 0. The molecule has 0 spiro atoms. The third kappa shape index (κ3) is 6.54. The van der Waals surface area contributed by atoms with E-state index in [1.165, 1.54) is 5.56 Å². The van der Waals surface area contributed by atoms with Crippen LogP contribution in [-0.2, 0) is 33.9 Å². The van der Waals surface area contributed by atoms with Gasteiger partial charge in [0.25, 0.3) is 5.91 Å². The second-order valence-electron chi connectivity index (χ2n) is 8.11. The van der Waals surface area contributed by atoms with Gasteiger partial charge in [-0.25, -0.2) is 0 Å². The first-order valence-electron chi connectivity index (χ1n) is 11.3. The first kappa shape index (κ1) is 22.8. The molecular formula is C28H29NO4. The van der Waals surface area contributed by atoms with Gasteiger partial charge >= 0.3 is 0 Å². The van der Waals surface area contributed by atoms with Crippen molar-refractivity contribution >= 4 is 5.91 Å². The first-order valence-corrected chi connectivity index (χ1v) is 11.3. The Labute approximate surface area is 194 Å². The van der Waals surface area contributed by atoms with Crippen molar-refractivity contribution in [1.29, 1.82) is 0 Å². The van der Waals surface area contributed by atoms with E-state index in [9.17, 15) is 9.90 Å². The van der Waals surface area contributed by atoms with Crippen LogP contribution in [0.15, 0.2) is 96.8 Å². The Bertz CT molecular complexity index is 1050. The summed E-state index contributed by atoms with van der Waals surface area (Å²) < 4.78 is 12.0. The molecule has 0 aliphatic carbocycles. The Kier molecular flexibility index (Phi) is 7.90. The number of carbonyl (C=O) groups is 1.